The molecular formula is C14H19O6P. The van der Waals surface area contributed by atoms with Crippen molar-refractivity contribution >= 4 is 19.3 Å². The number of benzene rings is 1. The van der Waals surface area contributed by atoms with Crippen LogP contribution >= 0.6 is 7.60 Å². The highest BCUT2D eigenvalue weighted by Gasteiger charge is 2.24. The Morgan fingerprint density at radius 1 is 1.10 bits per heavy atom. The average Bonchev–Trinajstić information content (AvgIpc) is 2.52. The zero-order valence-electron chi connectivity index (χ0n) is 12.5. The molecule has 0 N–H and O–H groups in total. The van der Waals surface area contributed by atoms with E-state index in [2.05, 4.69) is 4.74 Å². The molecule has 0 aliphatic carbocycles. The minimum absolute atomic E-state index is 0.0675. The number of rotatable bonds is 7. The van der Waals surface area contributed by atoms with E-state index in [-0.39, 0.29) is 6.16 Å². The quantitative estimate of drug-likeness (QED) is 0.333. The molecule has 6 nitrogen and oxygen atoms in total. The third-order valence-electron chi connectivity index (χ3n) is 2.87. The van der Waals surface area contributed by atoms with Crippen molar-refractivity contribution in [2.24, 2.45) is 0 Å². The van der Waals surface area contributed by atoms with Crippen molar-refractivity contribution in [1.82, 2.24) is 0 Å². The maximum Gasteiger partial charge on any atom is 0.334 e. The molecule has 21 heavy (non-hydrogen) atoms. The lowest BCUT2D eigenvalue weighted by Gasteiger charge is -2.17. The Hall–Kier alpha value is -1.62. The van der Waals surface area contributed by atoms with Crippen molar-refractivity contribution in [1.29, 1.82) is 0 Å². The summed E-state index contributed by atoms with van der Waals surface area (Å²) in [6.45, 7) is 0. The lowest BCUT2D eigenvalue weighted by Crippen LogP contribution is -2.02. The molecule has 0 atom stereocenters. The fourth-order valence-electron chi connectivity index (χ4n) is 1.72. The van der Waals surface area contributed by atoms with Crippen LogP contribution in [0.5, 0.6) is 0 Å². The Morgan fingerprint density at radius 2 is 1.71 bits per heavy atom. The normalized spacial score (nSPS) is 12.1. The summed E-state index contributed by atoms with van der Waals surface area (Å²) in [4.78, 5) is 11.4. The summed E-state index contributed by atoms with van der Waals surface area (Å²) >= 11 is 0. The molecular weight excluding hydrogens is 295 g/mol. The monoisotopic (exact) mass is 314 g/mol. The van der Waals surface area contributed by atoms with E-state index in [1.54, 1.807) is 24.3 Å². The van der Waals surface area contributed by atoms with Gasteiger partial charge in [-0.25, -0.2) is 4.79 Å². The Bertz CT molecular complexity index is 558. The van der Waals surface area contributed by atoms with Gasteiger partial charge in [0.25, 0.3) is 0 Å². The van der Waals surface area contributed by atoms with Crippen molar-refractivity contribution in [2.75, 3.05) is 28.4 Å². The molecule has 0 amide bonds. The van der Waals surface area contributed by atoms with Gasteiger partial charge in [0.2, 0.25) is 0 Å². The van der Waals surface area contributed by atoms with E-state index in [1.165, 1.54) is 34.5 Å². The van der Waals surface area contributed by atoms with Crippen LogP contribution in [0.2, 0.25) is 0 Å². The number of hydrogen-bond acceptors (Lipinski definition) is 6. The predicted molar refractivity (Wildman–Crippen MR) is 78.8 cm³/mol. The number of hydrogen-bond donors (Lipinski definition) is 0. The van der Waals surface area contributed by atoms with Gasteiger partial charge in [0.1, 0.15) is 5.76 Å². The maximum atomic E-state index is 12.3. The van der Waals surface area contributed by atoms with Crippen molar-refractivity contribution in [3.63, 3.8) is 0 Å². The van der Waals surface area contributed by atoms with E-state index in [0.29, 0.717) is 16.9 Å². The minimum atomic E-state index is -3.22. The van der Waals surface area contributed by atoms with Crippen LogP contribution in [0.1, 0.15) is 11.1 Å². The van der Waals surface area contributed by atoms with Gasteiger partial charge in [-0.2, -0.15) is 0 Å². The van der Waals surface area contributed by atoms with E-state index in [4.69, 9.17) is 13.8 Å². The molecule has 0 aliphatic heterocycles. The fraction of sp³-hybridized carbons (Fsp3) is 0.357. The van der Waals surface area contributed by atoms with Crippen molar-refractivity contribution < 1.29 is 27.9 Å². The summed E-state index contributed by atoms with van der Waals surface area (Å²) in [5.41, 5.74) is 1.31. The first kappa shape index (κ1) is 17.4. The fourth-order valence-corrected chi connectivity index (χ4v) is 2.82. The van der Waals surface area contributed by atoms with Crippen LogP contribution in [-0.2, 0) is 34.0 Å². The highest BCUT2D eigenvalue weighted by molar-refractivity contribution is 7.52. The molecule has 1 aromatic carbocycles. The lowest BCUT2D eigenvalue weighted by atomic mass is 10.1. The molecule has 0 aliphatic rings. The van der Waals surface area contributed by atoms with Crippen molar-refractivity contribution in [3.8, 4) is 0 Å². The Kier molecular flexibility index (Phi) is 6.62. The largest absolute Gasteiger partial charge is 0.496 e. The van der Waals surface area contributed by atoms with E-state index in [9.17, 15) is 9.36 Å². The van der Waals surface area contributed by atoms with Crippen LogP contribution in [0.15, 0.2) is 30.3 Å². The zero-order chi connectivity index (χ0) is 15.9. The van der Waals surface area contributed by atoms with Gasteiger partial charge in [-0.3, -0.25) is 4.57 Å². The third-order valence-corrected chi connectivity index (χ3v) is 4.71. The molecule has 0 aromatic heterocycles. The Labute approximate surface area is 124 Å². The van der Waals surface area contributed by atoms with Gasteiger partial charge in [-0.15, -0.1) is 0 Å². The first-order valence-electron chi connectivity index (χ1n) is 6.12. The van der Waals surface area contributed by atoms with Gasteiger partial charge in [0, 0.05) is 19.8 Å². The molecule has 0 saturated carbocycles. The Morgan fingerprint density at radius 3 is 2.24 bits per heavy atom. The number of carbonyl (C=O) groups excluding carboxylic acids is 1. The summed E-state index contributed by atoms with van der Waals surface area (Å²) in [5.74, 6) is -0.223. The molecule has 1 rings (SSSR count). The average molecular weight is 314 g/mol. The van der Waals surface area contributed by atoms with E-state index in [1.807, 2.05) is 0 Å². The number of methoxy groups -OCH3 is 2. The second-order valence-electron chi connectivity index (χ2n) is 4.03. The van der Waals surface area contributed by atoms with E-state index in [0.717, 1.165) is 0 Å². The highest BCUT2D eigenvalue weighted by Crippen LogP contribution is 2.50. The van der Waals surface area contributed by atoms with Crippen LogP contribution in [-0.4, -0.2) is 34.4 Å². The van der Waals surface area contributed by atoms with Gasteiger partial charge in [0.15, 0.2) is 0 Å². The zero-order valence-corrected chi connectivity index (χ0v) is 13.4. The minimum Gasteiger partial charge on any atom is -0.496 e. The first-order chi connectivity index (χ1) is 9.99. The summed E-state index contributed by atoms with van der Waals surface area (Å²) < 4.78 is 32.0. The summed E-state index contributed by atoms with van der Waals surface area (Å²) in [7, 11) is 2.16. The molecule has 116 valence electrons. The molecule has 0 saturated heterocycles. The lowest BCUT2D eigenvalue weighted by molar-refractivity contribution is -0.134. The molecule has 1 aromatic rings. The number of carbonyl (C=O) groups is 1. The van der Waals surface area contributed by atoms with Crippen LogP contribution in [0.3, 0.4) is 0 Å². The molecule has 0 radical (unpaired) electrons. The molecule has 0 unspecified atom stereocenters. The van der Waals surface area contributed by atoms with Crippen molar-refractivity contribution in [2.45, 2.75) is 6.16 Å². The van der Waals surface area contributed by atoms with Gasteiger partial charge < -0.3 is 18.5 Å². The standard InChI is InChI=1S/C14H19O6P/c1-17-13(9-14(15)18-2)12-8-6-5-7-11(12)10-21(16,19-3)20-4/h5-9H,10H2,1-4H3/b13-9-. The molecule has 7 heteroatoms. The molecule has 0 fully saturated rings. The van der Waals surface area contributed by atoms with E-state index < -0.39 is 13.6 Å². The molecule has 0 heterocycles. The van der Waals surface area contributed by atoms with Crippen molar-refractivity contribution in [3.05, 3.63) is 41.5 Å². The van der Waals surface area contributed by atoms with Gasteiger partial charge >= 0.3 is 13.6 Å². The highest BCUT2D eigenvalue weighted by atomic mass is 31.2. The SMILES string of the molecule is COC(=O)/C=C(\OC)c1ccccc1CP(=O)(OC)OC. The predicted octanol–water partition coefficient (Wildman–Crippen LogP) is 2.83. The Balaban J connectivity index is 3.23. The first-order valence-corrected chi connectivity index (χ1v) is 7.85. The van der Waals surface area contributed by atoms with E-state index >= 15 is 0 Å². The van der Waals surface area contributed by atoms with Gasteiger partial charge in [0.05, 0.1) is 26.5 Å². The molecule has 0 bridgehead atoms. The molecule has 0 spiro atoms. The second-order valence-corrected chi connectivity index (χ2v) is 6.30. The topological polar surface area (TPSA) is 71.1 Å². The van der Waals surface area contributed by atoms with Gasteiger partial charge in [-0.05, 0) is 5.56 Å². The maximum absolute atomic E-state index is 12.3. The summed E-state index contributed by atoms with van der Waals surface area (Å²) in [5, 5.41) is 0. The van der Waals surface area contributed by atoms with Crippen LogP contribution in [0, 0.1) is 0 Å². The van der Waals surface area contributed by atoms with Crippen LogP contribution in [0.4, 0.5) is 0 Å². The van der Waals surface area contributed by atoms with Crippen LogP contribution < -0.4 is 0 Å². The summed E-state index contributed by atoms with van der Waals surface area (Å²) in [6, 6.07) is 7.10. The second kappa shape index (κ2) is 7.98. The summed E-state index contributed by atoms with van der Waals surface area (Å²) in [6.07, 6.45) is 1.29. The third kappa shape index (κ3) is 4.70. The number of esters is 1. The van der Waals surface area contributed by atoms with Gasteiger partial charge in [-0.1, -0.05) is 24.3 Å². The smallest absolute Gasteiger partial charge is 0.334 e. The number of ether oxygens (including phenoxy) is 2. The van der Waals surface area contributed by atoms with Crippen LogP contribution in [0.25, 0.3) is 5.76 Å².